The van der Waals surface area contributed by atoms with Gasteiger partial charge < -0.3 is 34.7 Å². The second kappa shape index (κ2) is 15.7. The largest absolute Gasteiger partial charge is 0.490 e. The first-order valence-corrected chi connectivity index (χ1v) is 16.5. The van der Waals surface area contributed by atoms with Gasteiger partial charge in [0.25, 0.3) is 15.9 Å². The number of aliphatic hydroxyl groups is 1. The number of benzene rings is 1. The van der Waals surface area contributed by atoms with Crippen LogP contribution in [0.4, 0.5) is 10.5 Å². The van der Waals surface area contributed by atoms with Crippen LogP contribution in [0.3, 0.4) is 0 Å². The summed E-state index contributed by atoms with van der Waals surface area (Å²) in [6, 6.07) is 3.90. The normalized spacial score (nSPS) is 21.4. The Labute approximate surface area is 261 Å². The molecule has 13 nitrogen and oxygen atoms in total. The molecule has 1 aromatic carbocycles. The number of aromatic nitrogens is 2. The Morgan fingerprint density at radius 2 is 1.95 bits per heavy atom. The fourth-order valence-electron chi connectivity index (χ4n) is 4.93. The van der Waals surface area contributed by atoms with Crippen LogP contribution in [0.2, 0.25) is 0 Å². The Morgan fingerprint density at radius 1 is 1.23 bits per heavy atom. The van der Waals surface area contributed by atoms with Crippen LogP contribution in [-0.4, -0.2) is 102 Å². The van der Waals surface area contributed by atoms with Crippen LogP contribution >= 0.6 is 0 Å². The van der Waals surface area contributed by atoms with Crippen LogP contribution in [-0.2, 0) is 21.8 Å². The molecule has 246 valence electrons. The van der Waals surface area contributed by atoms with Crippen molar-refractivity contribution in [1.29, 1.82) is 0 Å². The molecule has 0 saturated carbocycles. The zero-order valence-corrected chi connectivity index (χ0v) is 27.6. The molecule has 2 heterocycles. The van der Waals surface area contributed by atoms with Gasteiger partial charge in [0.05, 0.1) is 36.7 Å². The van der Waals surface area contributed by atoms with Crippen molar-refractivity contribution in [2.45, 2.75) is 83.2 Å². The lowest BCUT2D eigenvalue weighted by Gasteiger charge is -2.35. The molecule has 0 spiro atoms. The Hall–Kier alpha value is -3.20. The third kappa shape index (κ3) is 9.40. The van der Waals surface area contributed by atoms with Gasteiger partial charge in [0.15, 0.2) is 5.03 Å². The number of sulfonamides is 1. The maximum atomic E-state index is 14.2. The summed E-state index contributed by atoms with van der Waals surface area (Å²) in [4.78, 5) is 32.2. The molecule has 3 rings (SSSR count). The Balaban J connectivity index is 1.96. The first kappa shape index (κ1) is 35.3. The van der Waals surface area contributed by atoms with Crippen molar-refractivity contribution in [1.82, 2.24) is 24.1 Å². The molecule has 0 aliphatic carbocycles. The van der Waals surface area contributed by atoms with Crippen LogP contribution in [0.5, 0.6) is 5.75 Å². The first-order valence-electron chi connectivity index (χ1n) is 15.1. The standard InChI is InChI=1S/C30H48N6O7S/c1-20(2)32-30(39)33-24-11-12-26-25(14-24)29(38)36(22(4)18-37)15-21(3)27(42-13-9-8-10-23(5)43-26)16-35(7)44(40,41)28-17-34(6)19-31-28/h11-12,14,17,19-23,27,37H,8-10,13,15-16,18H2,1-7H3,(H2,32,33,39)/t21-,22+,23-,27+/m1/s1. The molecular weight excluding hydrogens is 588 g/mol. The van der Waals surface area contributed by atoms with Gasteiger partial charge >= 0.3 is 6.03 Å². The number of aryl methyl sites for hydroxylation is 1. The number of likely N-dealkylation sites (N-methyl/N-ethyl adjacent to an activating group) is 1. The molecule has 14 heteroatoms. The van der Waals surface area contributed by atoms with Crippen molar-refractivity contribution in [2.75, 3.05) is 38.7 Å². The van der Waals surface area contributed by atoms with Crippen molar-refractivity contribution < 1.29 is 32.6 Å². The lowest BCUT2D eigenvalue weighted by atomic mass is 10.0. The minimum absolute atomic E-state index is 0.0464. The van der Waals surface area contributed by atoms with E-state index in [1.54, 1.807) is 41.6 Å². The molecule has 1 aliphatic heterocycles. The highest BCUT2D eigenvalue weighted by molar-refractivity contribution is 7.89. The average Bonchev–Trinajstić information content (AvgIpc) is 3.41. The molecule has 0 fully saturated rings. The summed E-state index contributed by atoms with van der Waals surface area (Å²) >= 11 is 0. The second-order valence-corrected chi connectivity index (χ2v) is 13.9. The summed E-state index contributed by atoms with van der Waals surface area (Å²) in [5.74, 6) is -0.330. The molecule has 2 aromatic rings. The number of carbonyl (C=O) groups excluding carboxylic acids is 2. The van der Waals surface area contributed by atoms with Crippen LogP contribution in [0.25, 0.3) is 0 Å². The van der Waals surface area contributed by atoms with Crippen LogP contribution in [0.1, 0.15) is 64.2 Å². The van der Waals surface area contributed by atoms with E-state index in [1.807, 2.05) is 27.7 Å². The number of imidazole rings is 1. The van der Waals surface area contributed by atoms with Crippen molar-refractivity contribution in [2.24, 2.45) is 13.0 Å². The summed E-state index contributed by atoms with van der Waals surface area (Å²) in [5, 5.41) is 15.6. The number of nitrogens with one attached hydrogen (secondary N) is 2. The summed E-state index contributed by atoms with van der Waals surface area (Å²) in [7, 11) is -0.682. The quantitative estimate of drug-likeness (QED) is 0.399. The number of fused-ring (bicyclic) bond motifs is 1. The van der Waals surface area contributed by atoms with E-state index in [0.29, 0.717) is 24.5 Å². The minimum atomic E-state index is -3.87. The van der Waals surface area contributed by atoms with E-state index >= 15 is 0 Å². The molecule has 3 amide bonds. The number of anilines is 1. The highest BCUT2D eigenvalue weighted by atomic mass is 32.2. The monoisotopic (exact) mass is 636 g/mol. The van der Waals surface area contributed by atoms with Crippen molar-refractivity contribution in [3.8, 4) is 5.75 Å². The number of hydrogen-bond acceptors (Lipinski definition) is 8. The van der Waals surface area contributed by atoms with E-state index < -0.39 is 34.1 Å². The molecular formula is C30H48N6O7S. The average molecular weight is 637 g/mol. The van der Waals surface area contributed by atoms with Gasteiger partial charge in [0.2, 0.25) is 0 Å². The van der Waals surface area contributed by atoms with Crippen molar-refractivity contribution >= 4 is 27.6 Å². The highest BCUT2D eigenvalue weighted by Crippen LogP contribution is 2.29. The SMILES string of the molecule is CC(C)NC(=O)Nc1ccc2c(c1)C(=O)N([C@@H](C)CO)C[C@@H](C)[C@H](CN(C)S(=O)(=O)c1cn(C)cn1)OCCCC[C@@H](C)O2. The third-order valence-corrected chi connectivity index (χ3v) is 9.23. The number of urea groups is 1. The third-order valence-electron chi connectivity index (χ3n) is 7.52. The maximum absolute atomic E-state index is 14.2. The molecule has 0 saturated heterocycles. The van der Waals surface area contributed by atoms with E-state index in [4.69, 9.17) is 9.47 Å². The molecule has 1 aromatic heterocycles. The fourth-order valence-corrected chi connectivity index (χ4v) is 6.07. The zero-order valence-electron chi connectivity index (χ0n) is 26.8. The van der Waals surface area contributed by atoms with Gasteiger partial charge in [0, 0.05) is 57.6 Å². The predicted octanol–water partition coefficient (Wildman–Crippen LogP) is 3.07. The lowest BCUT2D eigenvalue weighted by Crippen LogP contribution is -2.48. The van der Waals surface area contributed by atoms with E-state index in [9.17, 15) is 23.1 Å². The van der Waals surface area contributed by atoms with Gasteiger partial charge in [0.1, 0.15) is 5.75 Å². The van der Waals surface area contributed by atoms with Gasteiger partial charge in [-0.3, -0.25) is 4.79 Å². The topological polar surface area (TPSA) is 155 Å². The number of ether oxygens (including phenoxy) is 2. The van der Waals surface area contributed by atoms with Crippen LogP contribution in [0.15, 0.2) is 35.7 Å². The number of nitrogens with zero attached hydrogens (tertiary/aromatic N) is 4. The fraction of sp³-hybridized carbons (Fsp3) is 0.633. The Morgan fingerprint density at radius 3 is 2.59 bits per heavy atom. The summed E-state index contributed by atoms with van der Waals surface area (Å²) in [6.07, 6.45) is 4.37. The van der Waals surface area contributed by atoms with Crippen LogP contribution < -0.4 is 15.4 Å². The lowest BCUT2D eigenvalue weighted by molar-refractivity contribution is -0.00835. The first-order chi connectivity index (χ1) is 20.7. The van der Waals surface area contributed by atoms with Gasteiger partial charge in [-0.15, -0.1) is 0 Å². The molecule has 0 bridgehead atoms. The second-order valence-electron chi connectivity index (χ2n) is 11.9. The summed E-state index contributed by atoms with van der Waals surface area (Å²) in [6.45, 7) is 9.59. The smallest absolute Gasteiger partial charge is 0.319 e. The van der Waals surface area contributed by atoms with Crippen molar-refractivity contribution in [3.63, 3.8) is 0 Å². The van der Waals surface area contributed by atoms with E-state index in [2.05, 4.69) is 15.6 Å². The summed E-state index contributed by atoms with van der Waals surface area (Å²) in [5.41, 5.74) is 0.663. The molecule has 0 radical (unpaired) electrons. The van der Waals surface area contributed by atoms with Crippen LogP contribution in [0, 0.1) is 5.92 Å². The number of hydrogen-bond donors (Lipinski definition) is 3. The predicted molar refractivity (Wildman–Crippen MR) is 167 cm³/mol. The molecule has 3 N–H and O–H groups in total. The molecule has 1 aliphatic rings. The minimum Gasteiger partial charge on any atom is -0.490 e. The number of amides is 3. The van der Waals surface area contributed by atoms with Gasteiger partial charge in [-0.2, -0.15) is 4.31 Å². The van der Waals surface area contributed by atoms with Gasteiger partial charge in [-0.1, -0.05) is 6.92 Å². The van der Waals surface area contributed by atoms with Gasteiger partial charge in [-0.05, 0) is 65.2 Å². The van der Waals surface area contributed by atoms with Gasteiger partial charge in [-0.25, -0.2) is 18.2 Å². The van der Waals surface area contributed by atoms with E-state index in [0.717, 1.165) is 12.8 Å². The molecule has 4 atom stereocenters. The number of rotatable bonds is 8. The number of carbonyl (C=O) groups is 2. The summed E-state index contributed by atoms with van der Waals surface area (Å²) < 4.78 is 41.8. The maximum Gasteiger partial charge on any atom is 0.319 e. The highest BCUT2D eigenvalue weighted by Gasteiger charge is 2.33. The van der Waals surface area contributed by atoms with E-state index in [1.165, 1.54) is 23.9 Å². The number of aliphatic hydroxyl groups excluding tert-OH is 1. The zero-order chi connectivity index (χ0) is 32.6. The Kier molecular flexibility index (Phi) is 12.6. The van der Waals surface area contributed by atoms with E-state index in [-0.39, 0.29) is 48.3 Å². The Bertz CT molecular complexity index is 1370. The molecule has 0 unspecified atom stereocenters. The van der Waals surface area contributed by atoms with Crippen molar-refractivity contribution in [3.05, 3.63) is 36.3 Å². The molecule has 44 heavy (non-hydrogen) atoms.